The molecule has 0 spiro atoms. The van der Waals surface area contributed by atoms with Crippen molar-refractivity contribution < 1.29 is 19.1 Å². The molecule has 1 aromatic heterocycles. The summed E-state index contributed by atoms with van der Waals surface area (Å²) in [6.07, 6.45) is 2.96. The van der Waals surface area contributed by atoms with Crippen molar-refractivity contribution in [3.8, 4) is 5.75 Å². The van der Waals surface area contributed by atoms with Gasteiger partial charge in [0, 0.05) is 5.69 Å². The van der Waals surface area contributed by atoms with E-state index in [1.807, 2.05) is 44.2 Å². The molecule has 0 fully saturated rings. The van der Waals surface area contributed by atoms with E-state index < -0.39 is 5.97 Å². The molecule has 1 N–H and O–H groups in total. The molecule has 1 amide bonds. The van der Waals surface area contributed by atoms with Crippen molar-refractivity contribution in [2.24, 2.45) is 0 Å². The monoisotopic (exact) mass is 466 g/mol. The van der Waals surface area contributed by atoms with Gasteiger partial charge in [-0.25, -0.2) is 4.79 Å². The second-order valence-electron chi connectivity index (χ2n) is 7.38. The van der Waals surface area contributed by atoms with Crippen LogP contribution in [0.15, 0.2) is 47.3 Å². The van der Waals surface area contributed by atoms with Crippen LogP contribution in [0.2, 0.25) is 0 Å². The average molecular weight is 467 g/mol. The van der Waals surface area contributed by atoms with Gasteiger partial charge in [0.15, 0.2) is 0 Å². The molecule has 1 heterocycles. The van der Waals surface area contributed by atoms with Crippen LogP contribution in [0.4, 0.5) is 5.69 Å². The average Bonchev–Trinajstić information content (AvgIpc) is 3.05. The third-order valence-electron chi connectivity index (χ3n) is 4.85. The number of aromatic nitrogens is 1. The topological polar surface area (TPSA) is 86.6 Å². The van der Waals surface area contributed by atoms with Crippen LogP contribution in [0.5, 0.6) is 5.75 Å². The maximum absolute atomic E-state index is 13.1. The van der Waals surface area contributed by atoms with E-state index in [1.165, 1.54) is 10.6 Å². The predicted octanol–water partition coefficient (Wildman–Crippen LogP) is 2.35. The third kappa shape index (κ3) is 6.20. The second-order valence-corrected chi connectivity index (χ2v) is 8.44. The summed E-state index contributed by atoms with van der Waals surface area (Å²) >= 11 is 1.13. The quantitative estimate of drug-likeness (QED) is 0.540. The van der Waals surface area contributed by atoms with Crippen LogP contribution in [0.1, 0.15) is 23.6 Å². The number of aryl methyl sites for hydroxylation is 2. The molecule has 3 aromatic rings. The van der Waals surface area contributed by atoms with Gasteiger partial charge >= 0.3 is 5.97 Å². The van der Waals surface area contributed by atoms with Gasteiger partial charge in [-0.2, -0.15) is 0 Å². The first-order valence-corrected chi connectivity index (χ1v) is 11.2. The van der Waals surface area contributed by atoms with Crippen molar-refractivity contribution in [2.75, 3.05) is 19.0 Å². The highest BCUT2D eigenvalue weighted by atomic mass is 32.1. The molecule has 0 radical (unpaired) electrons. The summed E-state index contributed by atoms with van der Waals surface area (Å²) in [5.41, 5.74) is 3.05. The number of nitrogens with zero attached hydrogens (tertiary/aromatic N) is 1. The number of carbonyl (C=O) groups excluding carboxylic acids is 2. The molecule has 3 rings (SSSR count). The van der Waals surface area contributed by atoms with Gasteiger partial charge in [-0.05, 0) is 61.7 Å². The molecule has 7 nitrogen and oxygen atoms in total. The number of ether oxygens (including phenoxy) is 2. The van der Waals surface area contributed by atoms with Gasteiger partial charge in [0.25, 0.3) is 5.56 Å². The Bertz CT molecular complexity index is 1340. The Morgan fingerprint density at radius 1 is 1.12 bits per heavy atom. The number of hydrogen-bond donors (Lipinski definition) is 1. The number of esters is 1. The van der Waals surface area contributed by atoms with Gasteiger partial charge < -0.3 is 14.8 Å². The van der Waals surface area contributed by atoms with Gasteiger partial charge in [0.1, 0.15) is 17.0 Å². The van der Waals surface area contributed by atoms with Crippen molar-refractivity contribution in [3.05, 3.63) is 78.7 Å². The predicted molar refractivity (Wildman–Crippen MR) is 130 cm³/mol. The van der Waals surface area contributed by atoms with Crippen LogP contribution in [-0.4, -0.2) is 30.2 Å². The smallest absolute Gasteiger partial charge is 0.333 e. The summed E-state index contributed by atoms with van der Waals surface area (Å²) < 4.78 is 12.2. The van der Waals surface area contributed by atoms with Crippen molar-refractivity contribution in [1.82, 2.24) is 4.57 Å². The normalized spacial score (nSPS) is 12.0. The fourth-order valence-electron chi connectivity index (χ4n) is 3.13. The number of hydrogen-bond acceptors (Lipinski definition) is 6. The Hall–Kier alpha value is -3.65. The molecule has 0 atom stereocenters. The molecule has 33 heavy (non-hydrogen) atoms. The zero-order valence-electron chi connectivity index (χ0n) is 19.0. The van der Waals surface area contributed by atoms with Crippen LogP contribution >= 0.6 is 11.3 Å². The number of benzene rings is 2. The second kappa shape index (κ2) is 10.8. The number of amides is 1. The van der Waals surface area contributed by atoms with Crippen LogP contribution in [-0.2, 0) is 20.9 Å². The molecule has 0 aliphatic rings. The number of carbonyl (C=O) groups is 2. The van der Waals surface area contributed by atoms with Crippen molar-refractivity contribution in [2.45, 2.75) is 27.3 Å². The third-order valence-corrected chi connectivity index (χ3v) is 5.91. The fraction of sp³-hybridized carbons (Fsp3) is 0.240. The highest BCUT2D eigenvalue weighted by molar-refractivity contribution is 7.07. The fourth-order valence-corrected chi connectivity index (χ4v) is 4.16. The summed E-state index contributed by atoms with van der Waals surface area (Å²) in [5, 5.41) is 2.86. The van der Waals surface area contributed by atoms with Gasteiger partial charge in [-0.15, -0.1) is 11.3 Å². The van der Waals surface area contributed by atoms with Crippen LogP contribution in [0.3, 0.4) is 0 Å². The first-order valence-electron chi connectivity index (χ1n) is 10.4. The van der Waals surface area contributed by atoms with E-state index >= 15 is 0 Å². The lowest BCUT2D eigenvalue weighted by Crippen LogP contribution is -2.36. The van der Waals surface area contributed by atoms with E-state index in [2.05, 4.69) is 5.32 Å². The largest absolute Gasteiger partial charge is 0.497 e. The van der Waals surface area contributed by atoms with Gasteiger partial charge in [-0.1, -0.05) is 24.3 Å². The van der Waals surface area contributed by atoms with E-state index in [4.69, 9.17) is 9.47 Å². The molecular formula is C25H26N2O5S. The zero-order valence-corrected chi connectivity index (χ0v) is 19.8. The van der Waals surface area contributed by atoms with Gasteiger partial charge in [0.05, 0.1) is 24.3 Å². The van der Waals surface area contributed by atoms with E-state index in [0.29, 0.717) is 20.6 Å². The van der Waals surface area contributed by atoms with Crippen molar-refractivity contribution >= 4 is 41.1 Å². The van der Waals surface area contributed by atoms with E-state index in [0.717, 1.165) is 28.0 Å². The first kappa shape index (κ1) is 24.0. The molecule has 172 valence electrons. The van der Waals surface area contributed by atoms with Crippen LogP contribution in [0, 0.1) is 13.8 Å². The highest BCUT2D eigenvalue weighted by Gasteiger charge is 2.12. The SMILES string of the molecule is CCOC(=O)/C=c1\s/c(=C\c2ccc(OC)cc2)c(=O)n1CC(=O)Nc1cc(C)ccc1C. The van der Waals surface area contributed by atoms with E-state index in [-0.39, 0.29) is 24.6 Å². The summed E-state index contributed by atoms with van der Waals surface area (Å²) in [7, 11) is 1.58. The lowest BCUT2D eigenvalue weighted by molar-refractivity contribution is -0.135. The van der Waals surface area contributed by atoms with E-state index in [1.54, 1.807) is 32.2 Å². The zero-order chi connectivity index (χ0) is 24.0. The summed E-state index contributed by atoms with van der Waals surface area (Å²) in [5.74, 6) is -0.230. The number of thiazole rings is 1. The minimum Gasteiger partial charge on any atom is -0.497 e. The summed E-state index contributed by atoms with van der Waals surface area (Å²) in [6, 6.07) is 13.0. The Kier molecular flexibility index (Phi) is 7.84. The molecule has 0 unspecified atom stereocenters. The number of methoxy groups -OCH3 is 1. The molecule has 2 aromatic carbocycles. The molecule has 8 heteroatoms. The molecule has 0 saturated heterocycles. The summed E-state index contributed by atoms with van der Waals surface area (Å²) in [4.78, 5) is 38.0. The highest BCUT2D eigenvalue weighted by Crippen LogP contribution is 2.16. The summed E-state index contributed by atoms with van der Waals surface area (Å²) in [6.45, 7) is 5.51. The maximum Gasteiger partial charge on any atom is 0.333 e. The minimum absolute atomic E-state index is 0.211. The van der Waals surface area contributed by atoms with Crippen LogP contribution in [0.25, 0.3) is 12.2 Å². The van der Waals surface area contributed by atoms with Crippen molar-refractivity contribution in [3.63, 3.8) is 0 Å². The Morgan fingerprint density at radius 2 is 1.85 bits per heavy atom. The van der Waals surface area contributed by atoms with Gasteiger partial charge in [-0.3, -0.25) is 14.2 Å². The van der Waals surface area contributed by atoms with Crippen LogP contribution < -0.4 is 24.8 Å². The molecule has 0 saturated carbocycles. The van der Waals surface area contributed by atoms with Crippen molar-refractivity contribution in [1.29, 1.82) is 0 Å². The van der Waals surface area contributed by atoms with E-state index in [9.17, 15) is 14.4 Å². The Balaban J connectivity index is 2.00. The number of nitrogens with one attached hydrogen (secondary N) is 1. The molecule has 0 aliphatic carbocycles. The Morgan fingerprint density at radius 3 is 2.52 bits per heavy atom. The maximum atomic E-state index is 13.1. The molecule has 0 bridgehead atoms. The number of anilines is 1. The standard InChI is InChI=1S/C25H26N2O5S/c1-5-32-24(29)14-23-27(15-22(28)26-20-12-16(2)6-7-17(20)3)25(30)21(33-23)13-18-8-10-19(31-4)11-9-18/h6-14H,5,15H2,1-4H3,(H,26,28)/b21-13-,23-14-. The molecule has 0 aliphatic heterocycles. The number of rotatable bonds is 7. The minimum atomic E-state index is -0.571. The Labute approximate surface area is 195 Å². The lowest BCUT2D eigenvalue weighted by atomic mass is 10.1. The lowest BCUT2D eigenvalue weighted by Gasteiger charge is -2.09. The molecular weight excluding hydrogens is 440 g/mol. The van der Waals surface area contributed by atoms with Gasteiger partial charge in [0.2, 0.25) is 5.91 Å². The first-order chi connectivity index (χ1) is 15.8.